The second-order valence-corrected chi connectivity index (χ2v) is 7.61. The molecule has 2 fully saturated rings. The predicted octanol–water partition coefficient (Wildman–Crippen LogP) is 3.02. The third-order valence-electron chi connectivity index (χ3n) is 5.25. The standard InChI is InChI=1S/C20H19ClN6O2/c21-17-15(2-1-7-22-17)20(28)27-10-8-26(9-11-27)16-6-5-14(12-23-16)18-24-19(29-25-18)13-3-4-13/h1-2,5-7,12-13H,3-4,8-11H2. The predicted molar refractivity (Wildman–Crippen MR) is 107 cm³/mol. The van der Waals surface area contributed by atoms with Crippen LogP contribution in [0.25, 0.3) is 11.4 Å². The van der Waals surface area contributed by atoms with Crippen LogP contribution in [0, 0.1) is 0 Å². The quantitative estimate of drug-likeness (QED) is 0.611. The van der Waals surface area contributed by atoms with Crippen molar-refractivity contribution in [2.75, 3.05) is 31.1 Å². The van der Waals surface area contributed by atoms with Crippen LogP contribution in [0.4, 0.5) is 5.82 Å². The third kappa shape index (κ3) is 3.67. The molecule has 1 aliphatic carbocycles. The average molecular weight is 411 g/mol. The van der Waals surface area contributed by atoms with E-state index < -0.39 is 0 Å². The second-order valence-electron chi connectivity index (χ2n) is 7.26. The first-order valence-electron chi connectivity index (χ1n) is 9.64. The number of rotatable bonds is 4. The Balaban J connectivity index is 1.22. The van der Waals surface area contributed by atoms with Gasteiger partial charge in [-0.2, -0.15) is 4.98 Å². The van der Waals surface area contributed by atoms with Gasteiger partial charge in [0.15, 0.2) is 0 Å². The summed E-state index contributed by atoms with van der Waals surface area (Å²) in [6, 6.07) is 7.34. The van der Waals surface area contributed by atoms with Gasteiger partial charge in [-0.3, -0.25) is 4.79 Å². The van der Waals surface area contributed by atoms with E-state index in [9.17, 15) is 4.79 Å². The number of aromatic nitrogens is 4. The molecule has 9 heteroatoms. The van der Waals surface area contributed by atoms with E-state index in [4.69, 9.17) is 16.1 Å². The van der Waals surface area contributed by atoms with Crippen LogP contribution in [0.3, 0.4) is 0 Å². The molecule has 1 saturated carbocycles. The van der Waals surface area contributed by atoms with Gasteiger partial charge >= 0.3 is 0 Å². The highest BCUT2D eigenvalue weighted by Crippen LogP contribution is 2.39. The Labute approximate surface area is 172 Å². The maximum atomic E-state index is 12.7. The van der Waals surface area contributed by atoms with Crippen molar-refractivity contribution in [2.45, 2.75) is 18.8 Å². The molecule has 3 aromatic heterocycles. The molecule has 1 saturated heterocycles. The number of nitrogens with zero attached hydrogens (tertiary/aromatic N) is 6. The van der Waals surface area contributed by atoms with E-state index in [0.717, 1.165) is 30.1 Å². The second kappa shape index (κ2) is 7.44. The Morgan fingerprint density at radius 1 is 1.10 bits per heavy atom. The first kappa shape index (κ1) is 18.1. The van der Waals surface area contributed by atoms with Crippen LogP contribution in [0.5, 0.6) is 0 Å². The summed E-state index contributed by atoms with van der Waals surface area (Å²) >= 11 is 6.05. The summed E-state index contributed by atoms with van der Waals surface area (Å²) < 4.78 is 5.32. The van der Waals surface area contributed by atoms with Crippen molar-refractivity contribution in [3.05, 3.63) is 53.3 Å². The molecule has 0 aromatic carbocycles. The number of hydrogen-bond acceptors (Lipinski definition) is 7. The van der Waals surface area contributed by atoms with E-state index in [2.05, 4.69) is 25.0 Å². The zero-order chi connectivity index (χ0) is 19.8. The third-order valence-corrected chi connectivity index (χ3v) is 5.56. The fraction of sp³-hybridized carbons (Fsp3) is 0.350. The molecule has 0 radical (unpaired) electrons. The summed E-state index contributed by atoms with van der Waals surface area (Å²) in [5.74, 6) is 2.51. The van der Waals surface area contributed by atoms with Gasteiger partial charge in [0.1, 0.15) is 11.0 Å². The van der Waals surface area contributed by atoms with Crippen LogP contribution in [0.1, 0.15) is 35.0 Å². The van der Waals surface area contributed by atoms with Crippen LogP contribution < -0.4 is 4.90 Å². The molecule has 0 bridgehead atoms. The van der Waals surface area contributed by atoms with Gasteiger partial charge in [0, 0.05) is 50.1 Å². The van der Waals surface area contributed by atoms with Crippen LogP contribution in [0.15, 0.2) is 41.2 Å². The minimum Gasteiger partial charge on any atom is -0.353 e. The molecule has 5 rings (SSSR count). The average Bonchev–Trinajstić information content (AvgIpc) is 3.50. The number of carbonyl (C=O) groups excluding carboxylic acids is 1. The molecular formula is C20H19ClN6O2. The summed E-state index contributed by atoms with van der Waals surface area (Å²) in [6.45, 7) is 2.60. The summed E-state index contributed by atoms with van der Waals surface area (Å²) in [7, 11) is 0. The van der Waals surface area contributed by atoms with Gasteiger partial charge in [0.25, 0.3) is 5.91 Å². The van der Waals surface area contributed by atoms with Gasteiger partial charge in [0.2, 0.25) is 11.7 Å². The molecule has 2 aliphatic rings. The van der Waals surface area contributed by atoms with Crippen molar-refractivity contribution in [3.8, 4) is 11.4 Å². The summed E-state index contributed by atoms with van der Waals surface area (Å²) in [5.41, 5.74) is 1.28. The van der Waals surface area contributed by atoms with E-state index in [-0.39, 0.29) is 11.1 Å². The lowest BCUT2D eigenvalue weighted by atomic mass is 10.2. The van der Waals surface area contributed by atoms with Crippen molar-refractivity contribution >= 4 is 23.3 Å². The van der Waals surface area contributed by atoms with E-state index >= 15 is 0 Å². The van der Waals surface area contributed by atoms with Crippen LogP contribution in [-0.4, -0.2) is 57.1 Å². The molecule has 29 heavy (non-hydrogen) atoms. The molecule has 8 nitrogen and oxygen atoms in total. The number of piperazine rings is 1. The molecule has 3 aromatic rings. The number of halogens is 1. The molecular weight excluding hydrogens is 392 g/mol. The normalized spacial score (nSPS) is 16.9. The van der Waals surface area contributed by atoms with E-state index in [1.165, 1.54) is 0 Å². The Morgan fingerprint density at radius 3 is 2.62 bits per heavy atom. The zero-order valence-corrected chi connectivity index (χ0v) is 16.4. The van der Waals surface area contributed by atoms with E-state index in [1.807, 2.05) is 12.1 Å². The lowest BCUT2D eigenvalue weighted by Crippen LogP contribution is -2.49. The van der Waals surface area contributed by atoms with Gasteiger partial charge in [-0.05, 0) is 37.1 Å². The lowest BCUT2D eigenvalue weighted by molar-refractivity contribution is 0.0746. The monoisotopic (exact) mass is 410 g/mol. The maximum absolute atomic E-state index is 12.7. The van der Waals surface area contributed by atoms with Crippen molar-refractivity contribution in [2.24, 2.45) is 0 Å². The number of pyridine rings is 2. The number of carbonyl (C=O) groups is 1. The van der Waals surface area contributed by atoms with Crippen molar-refractivity contribution in [1.29, 1.82) is 0 Å². The highest BCUT2D eigenvalue weighted by atomic mass is 35.5. The fourth-order valence-electron chi connectivity index (χ4n) is 3.41. The number of anilines is 1. The SMILES string of the molecule is O=C(c1cccnc1Cl)N1CCN(c2ccc(-c3noc(C4CC4)n3)cn2)CC1. The fourth-order valence-corrected chi connectivity index (χ4v) is 3.61. The minimum absolute atomic E-state index is 0.0883. The topological polar surface area (TPSA) is 88.3 Å². The van der Waals surface area contributed by atoms with Crippen LogP contribution in [0.2, 0.25) is 5.15 Å². The molecule has 0 N–H and O–H groups in total. The molecule has 0 atom stereocenters. The molecule has 148 valence electrons. The lowest BCUT2D eigenvalue weighted by Gasteiger charge is -2.35. The maximum Gasteiger partial charge on any atom is 0.257 e. The summed E-state index contributed by atoms with van der Waals surface area (Å²) in [5, 5.41) is 4.29. The van der Waals surface area contributed by atoms with Crippen molar-refractivity contribution in [3.63, 3.8) is 0 Å². The molecule has 4 heterocycles. The zero-order valence-electron chi connectivity index (χ0n) is 15.7. The first-order valence-corrected chi connectivity index (χ1v) is 10.0. The Hall–Kier alpha value is -3.00. The van der Waals surface area contributed by atoms with E-state index in [0.29, 0.717) is 43.5 Å². The first-order chi connectivity index (χ1) is 14.2. The summed E-state index contributed by atoms with van der Waals surface area (Å²) in [4.78, 5) is 29.6. The Bertz CT molecular complexity index is 1030. The van der Waals surface area contributed by atoms with Crippen molar-refractivity contribution in [1.82, 2.24) is 25.0 Å². The largest absolute Gasteiger partial charge is 0.353 e. The van der Waals surface area contributed by atoms with Gasteiger partial charge in [0.05, 0.1) is 5.56 Å². The van der Waals surface area contributed by atoms with Gasteiger partial charge in [-0.1, -0.05) is 16.8 Å². The van der Waals surface area contributed by atoms with Gasteiger partial charge < -0.3 is 14.3 Å². The Morgan fingerprint density at radius 2 is 1.93 bits per heavy atom. The van der Waals surface area contributed by atoms with Crippen molar-refractivity contribution < 1.29 is 9.32 Å². The Kier molecular flexibility index (Phi) is 4.63. The van der Waals surface area contributed by atoms with Gasteiger partial charge in [-0.25, -0.2) is 9.97 Å². The minimum atomic E-state index is -0.0883. The van der Waals surface area contributed by atoms with Crippen LogP contribution in [-0.2, 0) is 0 Å². The number of amides is 1. The van der Waals surface area contributed by atoms with E-state index in [1.54, 1.807) is 29.4 Å². The van der Waals surface area contributed by atoms with Crippen LogP contribution >= 0.6 is 11.6 Å². The molecule has 0 spiro atoms. The highest BCUT2D eigenvalue weighted by Gasteiger charge is 2.30. The van der Waals surface area contributed by atoms with Gasteiger partial charge in [-0.15, -0.1) is 0 Å². The molecule has 1 aliphatic heterocycles. The molecule has 0 unspecified atom stereocenters. The molecule has 1 amide bonds. The smallest absolute Gasteiger partial charge is 0.257 e. The number of hydrogen-bond donors (Lipinski definition) is 0. The highest BCUT2D eigenvalue weighted by molar-refractivity contribution is 6.32. The summed E-state index contributed by atoms with van der Waals surface area (Å²) in [6.07, 6.45) is 5.60.